The molecule has 0 aromatic heterocycles. The van der Waals surface area contributed by atoms with E-state index >= 15 is 0 Å². The number of likely N-dealkylation sites (N-methyl/N-ethyl adjacent to an activating group) is 1. The van der Waals surface area contributed by atoms with Crippen LogP contribution >= 0.6 is 24.8 Å². The molecule has 20 heavy (non-hydrogen) atoms. The van der Waals surface area contributed by atoms with Gasteiger partial charge in [0.2, 0.25) is 5.91 Å². The normalized spacial score (nSPS) is 12.2. The van der Waals surface area contributed by atoms with Crippen LogP contribution in [0.1, 0.15) is 12.0 Å². The molecule has 0 atom stereocenters. The number of amides is 1. The maximum atomic E-state index is 11.3. The molecule has 2 N–H and O–H groups in total. The Balaban J connectivity index is 0.00000180. The highest BCUT2D eigenvalue weighted by atomic mass is 35.5. The maximum absolute atomic E-state index is 11.3. The van der Waals surface area contributed by atoms with Crippen LogP contribution in [0.15, 0.2) is 24.3 Å². The van der Waals surface area contributed by atoms with Crippen molar-refractivity contribution < 1.29 is 4.79 Å². The zero-order valence-electron chi connectivity index (χ0n) is 11.7. The quantitative estimate of drug-likeness (QED) is 0.783. The Labute approximate surface area is 133 Å². The standard InChI is InChI=1S/C14H21N3O.2ClH/c1-15-11-14(18)16-8-4-9-17-10-7-12-5-2-3-6-13(12)17;;/h2-3,5-6,15H,4,7-11H2,1H3,(H,16,18);2*1H. The number of hydrogen-bond acceptors (Lipinski definition) is 3. The van der Waals surface area contributed by atoms with Crippen LogP contribution in [0.3, 0.4) is 0 Å². The van der Waals surface area contributed by atoms with E-state index in [9.17, 15) is 4.79 Å². The lowest BCUT2D eigenvalue weighted by Gasteiger charge is -2.19. The Hall–Kier alpha value is -0.970. The number of halogens is 2. The number of benzene rings is 1. The van der Waals surface area contributed by atoms with Gasteiger partial charge in [-0.3, -0.25) is 4.79 Å². The van der Waals surface area contributed by atoms with Crippen LogP contribution < -0.4 is 15.5 Å². The van der Waals surface area contributed by atoms with Crippen LogP contribution in [0.2, 0.25) is 0 Å². The highest BCUT2D eigenvalue weighted by Gasteiger charge is 2.17. The van der Waals surface area contributed by atoms with E-state index < -0.39 is 0 Å². The zero-order chi connectivity index (χ0) is 12.8. The smallest absolute Gasteiger partial charge is 0.233 e. The zero-order valence-corrected chi connectivity index (χ0v) is 13.4. The van der Waals surface area contributed by atoms with Crippen LogP contribution in [0.4, 0.5) is 5.69 Å². The van der Waals surface area contributed by atoms with E-state index in [1.165, 1.54) is 11.3 Å². The SMILES string of the molecule is CNCC(=O)NCCCN1CCc2ccccc21.Cl.Cl. The number of anilines is 1. The minimum atomic E-state index is 0. The fourth-order valence-corrected chi connectivity index (χ4v) is 2.36. The lowest BCUT2D eigenvalue weighted by Crippen LogP contribution is -2.34. The van der Waals surface area contributed by atoms with Gasteiger partial charge >= 0.3 is 0 Å². The molecule has 0 radical (unpaired) electrons. The van der Waals surface area contributed by atoms with Gasteiger partial charge in [-0.25, -0.2) is 0 Å². The van der Waals surface area contributed by atoms with Crippen LogP contribution in [0.5, 0.6) is 0 Å². The van der Waals surface area contributed by atoms with E-state index in [1.807, 2.05) is 0 Å². The van der Waals surface area contributed by atoms with E-state index in [0.29, 0.717) is 6.54 Å². The maximum Gasteiger partial charge on any atom is 0.233 e. The molecule has 0 saturated carbocycles. The Bertz CT molecular complexity index is 415. The van der Waals surface area contributed by atoms with Crippen LogP contribution in [-0.4, -0.2) is 39.1 Å². The average Bonchev–Trinajstić information content (AvgIpc) is 2.78. The summed E-state index contributed by atoms with van der Waals surface area (Å²) in [6.45, 7) is 3.26. The highest BCUT2D eigenvalue weighted by molar-refractivity contribution is 5.85. The van der Waals surface area contributed by atoms with Gasteiger partial charge in [-0.05, 0) is 31.5 Å². The molecule has 2 rings (SSSR count). The summed E-state index contributed by atoms with van der Waals surface area (Å²) in [5.74, 6) is 0.0688. The molecule has 0 spiro atoms. The molecule has 0 aliphatic carbocycles. The largest absolute Gasteiger partial charge is 0.371 e. The van der Waals surface area contributed by atoms with Gasteiger partial charge in [-0.2, -0.15) is 0 Å². The number of para-hydroxylation sites is 1. The average molecular weight is 320 g/mol. The predicted octanol–water partition coefficient (Wildman–Crippen LogP) is 1.62. The number of nitrogens with zero attached hydrogens (tertiary/aromatic N) is 1. The summed E-state index contributed by atoms with van der Waals surface area (Å²) in [5, 5.41) is 5.74. The molecule has 0 saturated heterocycles. The van der Waals surface area contributed by atoms with Crippen molar-refractivity contribution in [3.8, 4) is 0 Å². The molecule has 0 fully saturated rings. The third kappa shape index (κ3) is 5.19. The molecule has 1 aromatic rings. The van der Waals surface area contributed by atoms with Crippen molar-refractivity contribution >= 4 is 36.4 Å². The fourth-order valence-electron chi connectivity index (χ4n) is 2.36. The lowest BCUT2D eigenvalue weighted by atomic mass is 10.2. The van der Waals surface area contributed by atoms with Gasteiger partial charge < -0.3 is 15.5 Å². The molecular weight excluding hydrogens is 297 g/mol. The molecule has 6 heteroatoms. The van der Waals surface area contributed by atoms with E-state index in [-0.39, 0.29) is 30.7 Å². The molecule has 1 aliphatic rings. The van der Waals surface area contributed by atoms with E-state index in [1.54, 1.807) is 7.05 Å². The fraction of sp³-hybridized carbons (Fsp3) is 0.500. The van der Waals surface area contributed by atoms with Gasteiger partial charge in [-0.15, -0.1) is 24.8 Å². The first kappa shape index (κ1) is 19.0. The minimum absolute atomic E-state index is 0. The van der Waals surface area contributed by atoms with Gasteiger partial charge in [0.25, 0.3) is 0 Å². The van der Waals surface area contributed by atoms with Crippen molar-refractivity contribution in [1.82, 2.24) is 10.6 Å². The second kappa shape index (κ2) is 9.86. The van der Waals surface area contributed by atoms with Crippen molar-refractivity contribution in [2.45, 2.75) is 12.8 Å². The summed E-state index contributed by atoms with van der Waals surface area (Å²) in [5.41, 5.74) is 2.80. The summed E-state index contributed by atoms with van der Waals surface area (Å²) < 4.78 is 0. The summed E-state index contributed by atoms with van der Waals surface area (Å²) in [6.07, 6.45) is 2.13. The highest BCUT2D eigenvalue weighted by Crippen LogP contribution is 2.26. The van der Waals surface area contributed by atoms with Crippen molar-refractivity contribution in [3.05, 3.63) is 29.8 Å². The van der Waals surface area contributed by atoms with E-state index in [2.05, 4.69) is 39.8 Å². The minimum Gasteiger partial charge on any atom is -0.371 e. The molecule has 1 aromatic carbocycles. The van der Waals surface area contributed by atoms with Gasteiger partial charge in [0.05, 0.1) is 6.54 Å². The lowest BCUT2D eigenvalue weighted by molar-refractivity contribution is -0.120. The molecule has 1 heterocycles. The topological polar surface area (TPSA) is 44.4 Å². The molecular formula is C14H23Cl2N3O. The van der Waals surface area contributed by atoms with Crippen molar-refractivity contribution in [3.63, 3.8) is 0 Å². The Kier molecular flexibility index (Phi) is 9.38. The monoisotopic (exact) mass is 319 g/mol. The van der Waals surface area contributed by atoms with Crippen molar-refractivity contribution in [2.75, 3.05) is 38.1 Å². The number of carbonyl (C=O) groups is 1. The first-order valence-corrected chi connectivity index (χ1v) is 6.55. The third-order valence-corrected chi connectivity index (χ3v) is 3.25. The second-order valence-electron chi connectivity index (χ2n) is 4.60. The Morgan fingerprint density at radius 3 is 2.80 bits per heavy atom. The number of nitrogens with one attached hydrogen (secondary N) is 2. The van der Waals surface area contributed by atoms with Gasteiger partial charge in [0.1, 0.15) is 0 Å². The van der Waals surface area contributed by atoms with Gasteiger partial charge in [0.15, 0.2) is 0 Å². The number of rotatable bonds is 6. The number of hydrogen-bond donors (Lipinski definition) is 2. The first-order chi connectivity index (χ1) is 8.81. The Morgan fingerprint density at radius 2 is 2.05 bits per heavy atom. The van der Waals surface area contributed by atoms with E-state index in [0.717, 1.165) is 32.5 Å². The third-order valence-electron chi connectivity index (χ3n) is 3.25. The molecule has 4 nitrogen and oxygen atoms in total. The molecule has 0 bridgehead atoms. The number of carbonyl (C=O) groups excluding carboxylic acids is 1. The van der Waals surface area contributed by atoms with Gasteiger partial charge in [0, 0.05) is 25.3 Å². The first-order valence-electron chi connectivity index (χ1n) is 6.55. The number of fused-ring (bicyclic) bond motifs is 1. The van der Waals surface area contributed by atoms with Crippen molar-refractivity contribution in [2.24, 2.45) is 0 Å². The second-order valence-corrected chi connectivity index (χ2v) is 4.60. The summed E-state index contributed by atoms with van der Waals surface area (Å²) in [6, 6.07) is 8.57. The molecule has 114 valence electrons. The molecule has 1 amide bonds. The van der Waals surface area contributed by atoms with Crippen LogP contribution in [0, 0.1) is 0 Å². The van der Waals surface area contributed by atoms with Crippen molar-refractivity contribution in [1.29, 1.82) is 0 Å². The van der Waals surface area contributed by atoms with Crippen LogP contribution in [-0.2, 0) is 11.2 Å². The summed E-state index contributed by atoms with van der Waals surface area (Å²) in [7, 11) is 1.78. The van der Waals surface area contributed by atoms with Crippen LogP contribution in [0.25, 0.3) is 0 Å². The summed E-state index contributed by atoms with van der Waals surface area (Å²) in [4.78, 5) is 13.7. The summed E-state index contributed by atoms with van der Waals surface area (Å²) >= 11 is 0. The molecule has 1 aliphatic heterocycles. The van der Waals surface area contributed by atoms with E-state index in [4.69, 9.17) is 0 Å². The predicted molar refractivity (Wildman–Crippen MR) is 88.4 cm³/mol. The van der Waals surface area contributed by atoms with Gasteiger partial charge in [-0.1, -0.05) is 18.2 Å². The molecule has 0 unspecified atom stereocenters. The Morgan fingerprint density at radius 1 is 1.30 bits per heavy atom.